The van der Waals surface area contributed by atoms with Gasteiger partial charge >= 0.3 is 0 Å². The van der Waals surface area contributed by atoms with Crippen LogP contribution >= 0.6 is 0 Å². The molecule has 2 heterocycles. The van der Waals surface area contributed by atoms with Crippen LogP contribution in [0.1, 0.15) is 12.0 Å². The second-order valence-electron chi connectivity index (χ2n) is 4.22. The highest BCUT2D eigenvalue weighted by atomic mass is 19.1. The van der Waals surface area contributed by atoms with E-state index in [2.05, 4.69) is 20.2 Å². The van der Waals surface area contributed by atoms with Gasteiger partial charge < -0.3 is 5.32 Å². The Morgan fingerprint density at radius 3 is 2.94 bits per heavy atom. The first kappa shape index (κ1) is 11.4. The van der Waals surface area contributed by atoms with Crippen LogP contribution in [0, 0.1) is 0 Å². The number of nitrogens with zero attached hydrogens (tertiary/aromatic N) is 3. The number of halogens is 1. The van der Waals surface area contributed by atoms with Gasteiger partial charge in [-0.1, -0.05) is 0 Å². The molecule has 0 aliphatic carbocycles. The van der Waals surface area contributed by atoms with E-state index < -0.39 is 6.17 Å². The zero-order valence-corrected chi connectivity index (χ0v) is 9.43. The van der Waals surface area contributed by atoms with Gasteiger partial charge in [-0.05, 0) is 13.5 Å². The third-order valence-corrected chi connectivity index (χ3v) is 2.92. The van der Waals surface area contributed by atoms with Crippen molar-refractivity contribution in [1.82, 2.24) is 20.2 Å². The number of aromatic nitrogens is 2. The normalized spacial score (nSPS) is 26.1. The van der Waals surface area contributed by atoms with E-state index in [4.69, 9.17) is 0 Å². The highest BCUT2D eigenvalue weighted by molar-refractivity contribution is 5.03. The van der Waals surface area contributed by atoms with Gasteiger partial charge in [0.05, 0.1) is 0 Å². The largest absolute Gasteiger partial charge is 0.318 e. The van der Waals surface area contributed by atoms with Crippen LogP contribution in [0.5, 0.6) is 0 Å². The molecule has 0 aromatic carbocycles. The number of alkyl halides is 1. The van der Waals surface area contributed by atoms with Crippen molar-refractivity contribution in [2.24, 2.45) is 0 Å². The molecule has 0 unspecified atom stereocenters. The summed E-state index contributed by atoms with van der Waals surface area (Å²) in [5.74, 6) is 0. The van der Waals surface area contributed by atoms with Gasteiger partial charge in [0, 0.05) is 43.6 Å². The minimum absolute atomic E-state index is 0.278. The minimum Gasteiger partial charge on any atom is -0.318 e. The van der Waals surface area contributed by atoms with Gasteiger partial charge in [0.2, 0.25) is 0 Å². The van der Waals surface area contributed by atoms with Gasteiger partial charge in [0.15, 0.2) is 0 Å². The molecular formula is C11H17FN4. The Morgan fingerprint density at radius 1 is 1.50 bits per heavy atom. The predicted octanol–water partition coefficient (Wildman–Crippen LogP) is 0.608. The quantitative estimate of drug-likeness (QED) is 0.813. The molecule has 0 radical (unpaired) electrons. The van der Waals surface area contributed by atoms with E-state index >= 15 is 0 Å². The van der Waals surface area contributed by atoms with Crippen molar-refractivity contribution in [1.29, 1.82) is 0 Å². The Bertz CT molecular complexity index is 319. The summed E-state index contributed by atoms with van der Waals surface area (Å²) in [6.07, 6.45) is 5.00. The Hall–Kier alpha value is -1.07. The van der Waals surface area contributed by atoms with Gasteiger partial charge in [-0.3, -0.25) is 4.90 Å². The van der Waals surface area contributed by atoms with Crippen LogP contribution in [0.3, 0.4) is 0 Å². The standard InChI is InChI=1S/C11H17FN4/c1-13-5-11-2-10(12)7-16(11)6-9-3-14-8-15-4-9/h3-4,8,10-11,13H,2,5-7H2,1H3/t10-,11-/m1/s1. The number of hydrogen-bond acceptors (Lipinski definition) is 4. The minimum atomic E-state index is -0.706. The van der Waals surface area contributed by atoms with E-state index in [0.29, 0.717) is 13.0 Å². The first-order valence-electron chi connectivity index (χ1n) is 5.56. The fourth-order valence-corrected chi connectivity index (χ4v) is 2.21. The van der Waals surface area contributed by atoms with E-state index in [-0.39, 0.29) is 6.04 Å². The first-order valence-corrected chi connectivity index (χ1v) is 5.56. The lowest BCUT2D eigenvalue weighted by atomic mass is 10.2. The highest BCUT2D eigenvalue weighted by Crippen LogP contribution is 2.21. The van der Waals surface area contributed by atoms with Crippen molar-refractivity contribution in [3.8, 4) is 0 Å². The summed E-state index contributed by atoms with van der Waals surface area (Å²) in [5, 5.41) is 3.11. The molecule has 1 saturated heterocycles. The zero-order valence-electron chi connectivity index (χ0n) is 9.43. The molecule has 1 aliphatic heterocycles. The fraction of sp³-hybridized carbons (Fsp3) is 0.636. The second kappa shape index (κ2) is 5.32. The van der Waals surface area contributed by atoms with Crippen LogP contribution in [0.15, 0.2) is 18.7 Å². The Balaban J connectivity index is 1.97. The van der Waals surface area contributed by atoms with Crippen molar-refractivity contribution in [3.05, 3.63) is 24.3 Å². The molecule has 1 aliphatic rings. The van der Waals surface area contributed by atoms with Crippen LogP contribution in [0.2, 0.25) is 0 Å². The fourth-order valence-electron chi connectivity index (χ4n) is 2.21. The van der Waals surface area contributed by atoms with E-state index in [1.54, 1.807) is 12.4 Å². The van der Waals surface area contributed by atoms with Crippen LogP contribution in [0.4, 0.5) is 4.39 Å². The summed E-state index contributed by atoms with van der Waals surface area (Å²) in [7, 11) is 1.90. The molecule has 1 aromatic rings. The number of likely N-dealkylation sites (N-methyl/N-ethyl adjacent to an activating group) is 1. The summed E-state index contributed by atoms with van der Waals surface area (Å²) in [5.41, 5.74) is 1.04. The van der Waals surface area contributed by atoms with Crippen molar-refractivity contribution < 1.29 is 4.39 Å². The van der Waals surface area contributed by atoms with Crippen molar-refractivity contribution in [2.45, 2.75) is 25.2 Å². The molecule has 88 valence electrons. The monoisotopic (exact) mass is 224 g/mol. The highest BCUT2D eigenvalue weighted by Gasteiger charge is 2.31. The first-order chi connectivity index (χ1) is 7.79. The Morgan fingerprint density at radius 2 is 2.25 bits per heavy atom. The number of rotatable bonds is 4. The van der Waals surface area contributed by atoms with Gasteiger partial charge in [-0.25, -0.2) is 14.4 Å². The molecule has 2 atom stereocenters. The van der Waals surface area contributed by atoms with Crippen molar-refractivity contribution in [3.63, 3.8) is 0 Å². The maximum Gasteiger partial charge on any atom is 0.115 e. The molecule has 2 rings (SSSR count). The average Bonchev–Trinajstić information content (AvgIpc) is 2.61. The van der Waals surface area contributed by atoms with E-state index in [1.807, 2.05) is 7.05 Å². The average molecular weight is 224 g/mol. The summed E-state index contributed by atoms with van der Waals surface area (Å²) < 4.78 is 13.3. The molecule has 1 N–H and O–H groups in total. The van der Waals surface area contributed by atoms with E-state index in [0.717, 1.165) is 18.7 Å². The molecule has 0 spiro atoms. The molecule has 4 nitrogen and oxygen atoms in total. The van der Waals surface area contributed by atoms with Gasteiger partial charge in [0.25, 0.3) is 0 Å². The third kappa shape index (κ3) is 2.74. The van der Waals surface area contributed by atoms with Crippen LogP contribution in [-0.2, 0) is 6.54 Å². The number of hydrogen-bond donors (Lipinski definition) is 1. The summed E-state index contributed by atoms with van der Waals surface area (Å²) >= 11 is 0. The zero-order chi connectivity index (χ0) is 11.4. The Labute approximate surface area is 94.9 Å². The predicted molar refractivity (Wildman–Crippen MR) is 59.7 cm³/mol. The van der Waals surface area contributed by atoms with Crippen LogP contribution in [-0.4, -0.2) is 47.2 Å². The van der Waals surface area contributed by atoms with E-state index in [1.165, 1.54) is 6.33 Å². The summed E-state index contributed by atoms with van der Waals surface area (Å²) in [6, 6.07) is 0.278. The van der Waals surface area contributed by atoms with Crippen molar-refractivity contribution in [2.75, 3.05) is 20.1 Å². The van der Waals surface area contributed by atoms with E-state index in [9.17, 15) is 4.39 Å². The van der Waals surface area contributed by atoms with Crippen molar-refractivity contribution >= 4 is 0 Å². The Kier molecular flexibility index (Phi) is 3.79. The van der Waals surface area contributed by atoms with Gasteiger partial charge in [0.1, 0.15) is 12.5 Å². The molecule has 0 amide bonds. The maximum atomic E-state index is 13.3. The molecule has 0 bridgehead atoms. The third-order valence-electron chi connectivity index (χ3n) is 2.92. The molecule has 0 saturated carbocycles. The number of nitrogens with one attached hydrogen (secondary N) is 1. The van der Waals surface area contributed by atoms with Crippen LogP contribution < -0.4 is 5.32 Å². The molecule has 1 fully saturated rings. The smallest absolute Gasteiger partial charge is 0.115 e. The number of likely N-dealkylation sites (tertiary alicyclic amines) is 1. The second-order valence-corrected chi connectivity index (χ2v) is 4.22. The SMILES string of the molecule is CNC[C@H]1C[C@@H](F)CN1Cc1cncnc1. The van der Waals surface area contributed by atoms with Crippen LogP contribution in [0.25, 0.3) is 0 Å². The lowest BCUT2D eigenvalue weighted by molar-refractivity contribution is 0.232. The molecular weight excluding hydrogens is 207 g/mol. The lowest BCUT2D eigenvalue weighted by Crippen LogP contribution is -2.36. The maximum absolute atomic E-state index is 13.3. The van der Waals surface area contributed by atoms with Gasteiger partial charge in [-0.2, -0.15) is 0 Å². The molecule has 16 heavy (non-hydrogen) atoms. The molecule has 1 aromatic heterocycles. The van der Waals surface area contributed by atoms with Gasteiger partial charge in [-0.15, -0.1) is 0 Å². The summed E-state index contributed by atoms with van der Waals surface area (Å²) in [4.78, 5) is 10.1. The topological polar surface area (TPSA) is 41.0 Å². The molecule has 5 heteroatoms. The lowest BCUT2D eigenvalue weighted by Gasteiger charge is -2.23. The summed E-state index contributed by atoms with van der Waals surface area (Å²) in [6.45, 7) is 2.07.